The van der Waals surface area contributed by atoms with E-state index in [1.807, 2.05) is 0 Å². The molecule has 0 aliphatic carbocycles. The molecule has 0 spiro atoms. The second-order valence-corrected chi connectivity index (χ2v) is 24.9. The van der Waals surface area contributed by atoms with E-state index in [4.69, 9.17) is 4.12 Å². The SMILES string of the molecule is CC(C)(C)[Si](C)(CCCCCCCCCCBr)O[Si](C)(CCCCCCCCCCBr)C(C)(C)C. The monoisotopic (exact) mass is 654 g/mol. The molecule has 1 nitrogen and oxygen atoms in total. The van der Waals surface area contributed by atoms with E-state index in [1.54, 1.807) is 0 Å². The van der Waals surface area contributed by atoms with Crippen LogP contribution in [0.3, 0.4) is 0 Å². The van der Waals surface area contributed by atoms with E-state index < -0.39 is 16.6 Å². The summed E-state index contributed by atoms with van der Waals surface area (Å²) in [7, 11) is -3.65. The molecule has 0 saturated heterocycles. The number of alkyl halides is 2. The molecule has 0 aromatic heterocycles. The van der Waals surface area contributed by atoms with Gasteiger partial charge in [-0.1, -0.05) is 163 Å². The lowest BCUT2D eigenvalue weighted by molar-refractivity contribution is 0.424. The summed E-state index contributed by atoms with van der Waals surface area (Å²) < 4.78 is 7.57. The molecule has 0 saturated carbocycles. The van der Waals surface area contributed by atoms with Crippen molar-refractivity contribution in [1.29, 1.82) is 0 Å². The average Bonchev–Trinajstić information content (AvgIpc) is 2.75. The van der Waals surface area contributed by atoms with Crippen molar-refractivity contribution in [2.45, 2.75) is 180 Å². The van der Waals surface area contributed by atoms with Gasteiger partial charge in [0.15, 0.2) is 16.6 Å². The molecule has 5 heteroatoms. The third-order valence-corrected chi connectivity index (χ3v) is 22.4. The summed E-state index contributed by atoms with van der Waals surface area (Å²) in [6, 6.07) is 2.68. The Morgan fingerprint density at radius 2 is 0.657 bits per heavy atom. The van der Waals surface area contributed by atoms with Gasteiger partial charge >= 0.3 is 0 Å². The molecule has 212 valence electrons. The van der Waals surface area contributed by atoms with Crippen molar-refractivity contribution in [1.82, 2.24) is 0 Å². The fourth-order valence-electron chi connectivity index (χ4n) is 4.89. The third kappa shape index (κ3) is 16.1. The zero-order valence-corrected chi connectivity index (χ0v) is 30.5. The molecular weight excluding hydrogens is 592 g/mol. The zero-order chi connectivity index (χ0) is 26.8. The number of unbranched alkanes of at least 4 members (excludes halogenated alkanes) is 14. The minimum Gasteiger partial charge on any atom is -0.454 e. The van der Waals surface area contributed by atoms with Gasteiger partial charge in [-0.05, 0) is 48.1 Å². The summed E-state index contributed by atoms with van der Waals surface area (Å²) in [6.07, 6.45) is 22.3. The fourth-order valence-corrected chi connectivity index (χ4v) is 16.3. The van der Waals surface area contributed by atoms with Crippen molar-refractivity contribution in [2.75, 3.05) is 10.7 Å². The highest BCUT2D eigenvalue weighted by molar-refractivity contribution is 9.09. The highest BCUT2D eigenvalue weighted by Gasteiger charge is 2.50. The lowest BCUT2D eigenvalue weighted by Crippen LogP contribution is -2.56. The van der Waals surface area contributed by atoms with Gasteiger partial charge in [0.1, 0.15) is 0 Å². The van der Waals surface area contributed by atoms with Gasteiger partial charge in [0.05, 0.1) is 0 Å². The van der Waals surface area contributed by atoms with Crippen LogP contribution in [0.4, 0.5) is 0 Å². The molecule has 0 radical (unpaired) electrons. The van der Waals surface area contributed by atoms with E-state index in [-0.39, 0.29) is 0 Å². The lowest BCUT2D eigenvalue weighted by atomic mass is 10.1. The summed E-state index contributed by atoms with van der Waals surface area (Å²) in [4.78, 5) is 0. The van der Waals surface area contributed by atoms with Gasteiger partial charge in [0, 0.05) is 10.7 Å². The fraction of sp³-hybridized carbons (Fsp3) is 1.00. The lowest BCUT2D eigenvalue weighted by Gasteiger charge is -2.50. The Bertz CT molecular complexity index is 460. The molecule has 0 N–H and O–H groups in total. The normalized spacial score (nSPS) is 16.3. The van der Waals surface area contributed by atoms with E-state index in [2.05, 4.69) is 86.5 Å². The second-order valence-electron chi connectivity index (χ2n) is 13.6. The molecule has 0 aromatic rings. The van der Waals surface area contributed by atoms with Gasteiger partial charge in [-0.2, -0.15) is 0 Å². The van der Waals surface area contributed by atoms with Gasteiger partial charge in [-0.15, -0.1) is 0 Å². The summed E-state index contributed by atoms with van der Waals surface area (Å²) in [5.74, 6) is 0. The smallest absolute Gasteiger partial charge is 0.182 e. The molecule has 0 amide bonds. The minimum atomic E-state index is -1.82. The van der Waals surface area contributed by atoms with Crippen molar-refractivity contribution in [3.8, 4) is 0 Å². The first kappa shape index (κ1) is 36.4. The molecule has 2 atom stereocenters. The van der Waals surface area contributed by atoms with Crippen LogP contribution in [0.1, 0.15) is 144 Å². The van der Waals surface area contributed by atoms with Crippen LogP contribution in [0, 0.1) is 0 Å². The highest BCUT2D eigenvalue weighted by atomic mass is 79.9. The number of rotatable bonds is 22. The first-order valence-electron chi connectivity index (χ1n) is 15.1. The van der Waals surface area contributed by atoms with E-state index in [0.29, 0.717) is 10.1 Å². The Labute approximate surface area is 241 Å². The molecular formula is C30H64Br2OSi2. The van der Waals surface area contributed by atoms with Crippen molar-refractivity contribution in [3.63, 3.8) is 0 Å². The van der Waals surface area contributed by atoms with Crippen molar-refractivity contribution >= 4 is 48.5 Å². The quantitative estimate of drug-likeness (QED) is 0.0640. The highest BCUT2D eigenvalue weighted by Crippen LogP contribution is 2.49. The first-order valence-corrected chi connectivity index (χ1v) is 22.6. The largest absolute Gasteiger partial charge is 0.454 e. The minimum absolute atomic E-state index is 0.303. The number of hydrogen-bond acceptors (Lipinski definition) is 1. The van der Waals surface area contributed by atoms with Gasteiger partial charge in [0.2, 0.25) is 0 Å². The summed E-state index contributed by atoms with van der Waals surface area (Å²) >= 11 is 7.09. The van der Waals surface area contributed by atoms with Crippen LogP contribution in [-0.4, -0.2) is 27.3 Å². The molecule has 0 aliphatic rings. The molecule has 0 rings (SSSR count). The van der Waals surface area contributed by atoms with Crippen molar-refractivity contribution < 1.29 is 4.12 Å². The van der Waals surface area contributed by atoms with Crippen LogP contribution < -0.4 is 0 Å². The molecule has 0 aliphatic heterocycles. The standard InChI is InChI=1S/C30H64Br2OSi2/c1-29(2,3)34(7,27-23-19-15-11-9-13-17-21-25-31)33-35(8,30(4,5)6)28-24-20-16-12-10-14-18-22-26-32/h9-28H2,1-8H3. The number of halogens is 2. The Balaban J connectivity index is 4.72. The van der Waals surface area contributed by atoms with Crippen molar-refractivity contribution in [3.05, 3.63) is 0 Å². The topological polar surface area (TPSA) is 9.23 Å². The zero-order valence-electron chi connectivity index (χ0n) is 25.3. The van der Waals surface area contributed by atoms with Gasteiger partial charge in [0.25, 0.3) is 0 Å². The van der Waals surface area contributed by atoms with Crippen molar-refractivity contribution in [2.24, 2.45) is 0 Å². The third-order valence-electron chi connectivity index (χ3n) is 8.70. The summed E-state index contributed by atoms with van der Waals surface area (Å²) in [6.45, 7) is 20.0. The van der Waals surface area contributed by atoms with E-state index in [1.165, 1.54) is 115 Å². The predicted octanol–water partition coefficient (Wildman–Crippen LogP) is 12.8. The Morgan fingerprint density at radius 1 is 0.429 bits per heavy atom. The van der Waals surface area contributed by atoms with E-state index in [9.17, 15) is 0 Å². The van der Waals surface area contributed by atoms with Crippen LogP contribution >= 0.6 is 31.9 Å². The molecule has 0 heterocycles. The predicted molar refractivity (Wildman–Crippen MR) is 175 cm³/mol. The van der Waals surface area contributed by atoms with E-state index >= 15 is 0 Å². The van der Waals surface area contributed by atoms with Gasteiger partial charge in [-0.3, -0.25) is 0 Å². The molecule has 0 bridgehead atoms. The van der Waals surface area contributed by atoms with Crippen LogP contribution in [0.2, 0.25) is 35.3 Å². The number of hydrogen-bond donors (Lipinski definition) is 0. The molecule has 0 fully saturated rings. The van der Waals surface area contributed by atoms with Crippen LogP contribution in [0.25, 0.3) is 0 Å². The summed E-state index contributed by atoms with van der Waals surface area (Å²) in [5.41, 5.74) is 0. The van der Waals surface area contributed by atoms with Crippen LogP contribution in [0.15, 0.2) is 0 Å². The Hall–Kier alpha value is 1.35. The second kappa shape index (κ2) is 19.4. The molecule has 35 heavy (non-hydrogen) atoms. The summed E-state index contributed by atoms with van der Waals surface area (Å²) in [5, 5.41) is 2.93. The van der Waals surface area contributed by atoms with Crippen LogP contribution in [0.5, 0.6) is 0 Å². The molecule has 2 unspecified atom stereocenters. The first-order chi connectivity index (χ1) is 16.3. The maximum atomic E-state index is 7.57. The molecule has 0 aromatic carbocycles. The Morgan fingerprint density at radius 3 is 0.886 bits per heavy atom. The van der Waals surface area contributed by atoms with E-state index in [0.717, 1.165) is 10.7 Å². The maximum Gasteiger partial charge on any atom is 0.182 e. The van der Waals surface area contributed by atoms with Gasteiger partial charge < -0.3 is 4.12 Å². The maximum absolute atomic E-state index is 7.57. The van der Waals surface area contributed by atoms with Gasteiger partial charge in [-0.25, -0.2) is 0 Å². The van der Waals surface area contributed by atoms with Crippen LogP contribution in [-0.2, 0) is 4.12 Å². The Kier molecular flexibility index (Phi) is 20.2. The average molecular weight is 657 g/mol.